The first-order valence-corrected chi connectivity index (χ1v) is 12.4. The van der Waals surface area contributed by atoms with E-state index in [-0.39, 0.29) is 0 Å². The number of fused-ring (bicyclic) bond motifs is 6. The fraction of sp³-hybridized carbons (Fsp3) is 0.926. The molecule has 0 saturated heterocycles. The van der Waals surface area contributed by atoms with Gasteiger partial charge in [-0.05, 0) is 109 Å². The lowest BCUT2D eigenvalue weighted by atomic mass is 9.33. The molecule has 6 unspecified atom stereocenters. The lowest BCUT2D eigenvalue weighted by Gasteiger charge is -2.72. The molecule has 0 radical (unpaired) electrons. The Hall–Kier alpha value is -0.460. The van der Waals surface area contributed by atoms with E-state index < -0.39 is 0 Å². The highest BCUT2D eigenvalue weighted by Gasteiger charge is 2.68. The fourth-order valence-corrected chi connectivity index (χ4v) is 9.31. The molecule has 1 nitrogen and oxygen atoms in total. The second kappa shape index (κ2) is 5.82. The summed E-state index contributed by atoms with van der Waals surface area (Å²) < 4.78 is 6.22. The van der Waals surface area contributed by atoms with Gasteiger partial charge in [-0.1, -0.05) is 41.5 Å². The van der Waals surface area contributed by atoms with Gasteiger partial charge in [-0.3, -0.25) is 0 Å². The first-order chi connectivity index (χ1) is 13.0. The lowest BCUT2D eigenvalue weighted by molar-refractivity contribution is -0.209. The Morgan fingerprint density at radius 3 is 2.32 bits per heavy atom. The first kappa shape index (κ1) is 19.5. The molecule has 28 heavy (non-hydrogen) atoms. The van der Waals surface area contributed by atoms with Crippen molar-refractivity contribution in [1.82, 2.24) is 0 Å². The van der Waals surface area contributed by atoms with E-state index in [1.165, 1.54) is 76.4 Å². The van der Waals surface area contributed by atoms with Crippen LogP contribution in [0, 0.1) is 38.9 Å². The van der Waals surface area contributed by atoms with Crippen LogP contribution in [-0.2, 0) is 4.74 Å². The molecule has 0 spiro atoms. The summed E-state index contributed by atoms with van der Waals surface area (Å²) in [6, 6.07) is 0. The van der Waals surface area contributed by atoms with Crippen LogP contribution in [0.15, 0.2) is 11.3 Å². The summed E-state index contributed by atoms with van der Waals surface area (Å²) >= 11 is 0. The lowest BCUT2D eigenvalue weighted by Crippen LogP contribution is -2.64. The molecule has 0 amide bonds. The van der Waals surface area contributed by atoms with Crippen molar-refractivity contribution in [2.45, 2.75) is 112 Å². The topological polar surface area (TPSA) is 9.23 Å². The molecule has 0 aromatic carbocycles. The van der Waals surface area contributed by atoms with E-state index in [2.05, 4.69) is 41.5 Å². The highest BCUT2D eigenvalue weighted by atomic mass is 16.5. The summed E-state index contributed by atoms with van der Waals surface area (Å²) in [4.78, 5) is 0. The normalized spacial score (nSPS) is 52.6. The molecule has 4 aliphatic carbocycles. The zero-order valence-corrected chi connectivity index (χ0v) is 19.5. The minimum absolute atomic E-state index is 0.365. The third-order valence-electron chi connectivity index (χ3n) is 11.7. The summed E-state index contributed by atoms with van der Waals surface area (Å²) in [6.45, 7) is 16.8. The van der Waals surface area contributed by atoms with E-state index in [1.807, 2.05) is 0 Å². The third kappa shape index (κ3) is 2.31. The Bertz CT molecular complexity index is 703. The molecule has 1 heterocycles. The van der Waals surface area contributed by atoms with Gasteiger partial charge >= 0.3 is 0 Å². The van der Waals surface area contributed by atoms with Gasteiger partial charge in [0, 0.05) is 6.42 Å². The Morgan fingerprint density at radius 2 is 1.54 bits per heavy atom. The molecule has 1 heteroatoms. The Kier molecular flexibility index (Phi) is 4.05. The standard InChI is InChI=1S/C27H44O/c1-23(2)13-14-24(3)15-16-26(5)19(21(24)18-23)9-11-25(4)20-8-7-17-28-22(20)10-12-27(25,26)6/h19,21H,7-18H2,1-6H3. The molecule has 5 aliphatic rings. The second-order valence-electron chi connectivity index (χ2n) is 13.2. The zero-order valence-electron chi connectivity index (χ0n) is 19.5. The molecular weight excluding hydrogens is 340 g/mol. The van der Waals surface area contributed by atoms with Gasteiger partial charge in [-0.15, -0.1) is 0 Å². The van der Waals surface area contributed by atoms with Crippen molar-refractivity contribution in [3.8, 4) is 0 Å². The van der Waals surface area contributed by atoms with Gasteiger partial charge in [0.2, 0.25) is 0 Å². The largest absolute Gasteiger partial charge is 0.498 e. The molecule has 0 N–H and O–H groups in total. The van der Waals surface area contributed by atoms with Crippen LogP contribution < -0.4 is 0 Å². The van der Waals surface area contributed by atoms with Gasteiger partial charge in [-0.2, -0.15) is 0 Å². The van der Waals surface area contributed by atoms with Crippen molar-refractivity contribution in [1.29, 1.82) is 0 Å². The van der Waals surface area contributed by atoms with E-state index >= 15 is 0 Å². The van der Waals surface area contributed by atoms with Gasteiger partial charge in [0.05, 0.1) is 12.4 Å². The van der Waals surface area contributed by atoms with Crippen molar-refractivity contribution in [3.63, 3.8) is 0 Å². The van der Waals surface area contributed by atoms with E-state index in [4.69, 9.17) is 4.74 Å². The molecule has 3 saturated carbocycles. The number of hydrogen-bond donors (Lipinski definition) is 0. The molecule has 6 atom stereocenters. The van der Waals surface area contributed by atoms with Gasteiger partial charge in [-0.25, -0.2) is 0 Å². The van der Waals surface area contributed by atoms with Gasteiger partial charge in [0.25, 0.3) is 0 Å². The average molecular weight is 385 g/mol. The van der Waals surface area contributed by atoms with Crippen LogP contribution in [0.2, 0.25) is 0 Å². The quantitative estimate of drug-likeness (QED) is 0.412. The summed E-state index contributed by atoms with van der Waals surface area (Å²) in [5.41, 5.74) is 4.19. The minimum Gasteiger partial charge on any atom is -0.498 e. The van der Waals surface area contributed by atoms with Crippen molar-refractivity contribution in [2.24, 2.45) is 38.9 Å². The van der Waals surface area contributed by atoms with Crippen molar-refractivity contribution in [2.75, 3.05) is 6.61 Å². The number of allylic oxidation sites excluding steroid dienone is 2. The minimum atomic E-state index is 0.365. The molecule has 0 aromatic rings. The Balaban J connectivity index is 1.57. The molecule has 1 aliphatic heterocycles. The maximum atomic E-state index is 6.22. The predicted molar refractivity (Wildman–Crippen MR) is 117 cm³/mol. The first-order valence-electron chi connectivity index (χ1n) is 12.4. The van der Waals surface area contributed by atoms with Crippen molar-refractivity contribution < 1.29 is 4.74 Å². The van der Waals surface area contributed by atoms with Crippen LogP contribution in [-0.4, -0.2) is 6.61 Å². The molecule has 3 fully saturated rings. The highest BCUT2D eigenvalue weighted by molar-refractivity contribution is 5.31. The van der Waals surface area contributed by atoms with Gasteiger partial charge in [0.1, 0.15) is 0 Å². The molecule has 158 valence electrons. The average Bonchev–Trinajstić information content (AvgIpc) is 2.65. The van der Waals surface area contributed by atoms with Crippen LogP contribution in [0.1, 0.15) is 112 Å². The van der Waals surface area contributed by atoms with E-state index in [0.717, 1.165) is 18.4 Å². The van der Waals surface area contributed by atoms with Crippen LogP contribution in [0.5, 0.6) is 0 Å². The van der Waals surface area contributed by atoms with E-state index in [9.17, 15) is 0 Å². The smallest absolute Gasteiger partial charge is 0.0957 e. The number of hydrogen-bond acceptors (Lipinski definition) is 1. The maximum absolute atomic E-state index is 6.22. The maximum Gasteiger partial charge on any atom is 0.0957 e. The van der Waals surface area contributed by atoms with Gasteiger partial charge in [0.15, 0.2) is 0 Å². The van der Waals surface area contributed by atoms with Crippen molar-refractivity contribution in [3.05, 3.63) is 11.3 Å². The summed E-state index contributed by atoms with van der Waals surface area (Å²) in [5.74, 6) is 3.28. The molecule has 0 bridgehead atoms. The third-order valence-corrected chi connectivity index (χ3v) is 11.7. The Labute approximate surface area is 174 Å². The summed E-state index contributed by atoms with van der Waals surface area (Å²) in [6.07, 6.45) is 15.2. The monoisotopic (exact) mass is 384 g/mol. The number of ether oxygens (including phenoxy) is 1. The molecule has 5 rings (SSSR count). The predicted octanol–water partition coefficient (Wildman–Crippen LogP) is 7.90. The Morgan fingerprint density at radius 1 is 0.786 bits per heavy atom. The van der Waals surface area contributed by atoms with Crippen LogP contribution >= 0.6 is 0 Å². The highest BCUT2D eigenvalue weighted by Crippen LogP contribution is 2.76. The summed E-state index contributed by atoms with van der Waals surface area (Å²) in [7, 11) is 0. The van der Waals surface area contributed by atoms with Gasteiger partial charge < -0.3 is 4.74 Å². The SMILES string of the molecule is CC1(C)CCC2(C)CCC3(C)C(CCC4(C)C5=C(CCC43C)OCCC5)C2C1. The summed E-state index contributed by atoms with van der Waals surface area (Å²) in [5, 5.41) is 0. The molecule has 0 aromatic heterocycles. The van der Waals surface area contributed by atoms with Crippen LogP contribution in [0.3, 0.4) is 0 Å². The molecular formula is C27H44O. The zero-order chi connectivity index (χ0) is 20.0. The van der Waals surface area contributed by atoms with Crippen LogP contribution in [0.25, 0.3) is 0 Å². The van der Waals surface area contributed by atoms with E-state index in [1.54, 1.807) is 5.57 Å². The van der Waals surface area contributed by atoms with E-state index in [0.29, 0.717) is 27.1 Å². The van der Waals surface area contributed by atoms with Crippen molar-refractivity contribution >= 4 is 0 Å². The number of rotatable bonds is 0. The fourth-order valence-electron chi connectivity index (χ4n) is 9.31. The van der Waals surface area contributed by atoms with Crippen LogP contribution in [0.4, 0.5) is 0 Å². The second-order valence-corrected chi connectivity index (χ2v) is 13.2.